The van der Waals surface area contributed by atoms with Crippen molar-refractivity contribution in [3.63, 3.8) is 0 Å². The zero-order valence-electron chi connectivity index (χ0n) is 8.09. The van der Waals surface area contributed by atoms with Crippen molar-refractivity contribution in [2.24, 2.45) is 5.73 Å². The number of nitrogens with two attached hydrogens (primary N) is 1. The molecule has 1 aromatic rings. The Morgan fingerprint density at radius 1 is 1.50 bits per heavy atom. The van der Waals surface area contributed by atoms with Crippen LogP contribution in [0.1, 0.15) is 11.1 Å². The molecule has 1 aromatic carbocycles. The van der Waals surface area contributed by atoms with E-state index in [0.29, 0.717) is 12.1 Å². The molecule has 0 spiro atoms. The predicted molar refractivity (Wildman–Crippen MR) is 58.3 cm³/mol. The Morgan fingerprint density at radius 3 is 2.86 bits per heavy atom. The van der Waals surface area contributed by atoms with Crippen molar-refractivity contribution in [2.45, 2.75) is 0 Å². The van der Waals surface area contributed by atoms with E-state index < -0.39 is 0 Å². The molecule has 0 fully saturated rings. The first kappa shape index (κ1) is 10.3. The van der Waals surface area contributed by atoms with E-state index in [4.69, 9.17) is 11.1 Å². The Morgan fingerprint density at radius 2 is 2.21 bits per heavy atom. The minimum atomic E-state index is 0.0550. The monoisotopic (exact) mass is 187 g/mol. The van der Waals surface area contributed by atoms with Gasteiger partial charge in [-0.05, 0) is 13.1 Å². The van der Waals surface area contributed by atoms with Gasteiger partial charge in [-0.25, -0.2) is 0 Å². The highest BCUT2D eigenvalue weighted by Gasteiger charge is 2.00. The fourth-order valence-corrected chi connectivity index (χ4v) is 1.05. The van der Waals surface area contributed by atoms with Crippen molar-refractivity contribution < 1.29 is 0 Å². The summed E-state index contributed by atoms with van der Waals surface area (Å²) in [5, 5.41) is 10.3. The maximum absolute atomic E-state index is 7.35. The van der Waals surface area contributed by atoms with Crippen LogP contribution >= 0.6 is 0 Å². The van der Waals surface area contributed by atoms with Gasteiger partial charge in [-0.2, -0.15) is 0 Å². The molecular formula is C11H13N3. The third kappa shape index (κ3) is 2.61. The van der Waals surface area contributed by atoms with Crippen LogP contribution in [0.4, 0.5) is 0 Å². The summed E-state index contributed by atoms with van der Waals surface area (Å²) in [4.78, 5) is 0. The topological polar surface area (TPSA) is 61.9 Å². The highest BCUT2D eigenvalue weighted by molar-refractivity contribution is 5.97. The van der Waals surface area contributed by atoms with Crippen LogP contribution in [0.3, 0.4) is 0 Å². The van der Waals surface area contributed by atoms with Gasteiger partial charge in [0.15, 0.2) is 0 Å². The highest BCUT2D eigenvalue weighted by Crippen LogP contribution is 2.05. The van der Waals surface area contributed by atoms with Crippen molar-refractivity contribution in [3.05, 3.63) is 35.4 Å². The molecule has 14 heavy (non-hydrogen) atoms. The summed E-state index contributed by atoms with van der Waals surface area (Å²) in [6.45, 7) is 0.631. The van der Waals surface area contributed by atoms with E-state index in [0.717, 1.165) is 5.56 Å². The van der Waals surface area contributed by atoms with Crippen LogP contribution in [0, 0.1) is 17.3 Å². The van der Waals surface area contributed by atoms with Gasteiger partial charge in [0.1, 0.15) is 5.84 Å². The molecule has 3 heteroatoms. The molecule has 3 nitrogen and oxygen atoms in total. The lowest BCUT2D eigenvalue weighted by atomic mass is 10.1. The van der Waals surface area contributed by atoms with Gasteiger partial charge >= 0.3 is 0 Å². The molecule has 0 heterocycles. The quantitative estimate of drug-likeness (QED) is 0.359. The third-order valence-electron chi connectivity index (χ3n) is 1.71. The van der Waals surface area contributed by atoms with Gasteiger partial charge in [-0.15, -0.1) is 0 Å². The van der Waals surface area contributed by atoms with Crippen LogP contribution in [-0.4, -0.2) is 19.4 Å². The Balaban J connectivity index is 2.97. The van der Waals surface area contributed by atoms with Gasteiger partial charge in [0.25, 0.3) is 0 Å². The van der Waals surface area contributed by atoms with Crippen molar-refractivity contribution in [3.8, 4) is 11.8 Å². The lowest BCUT2D eigenvalue weighted by Crippen LogP contribution is -2.12. The average molecular weight is 187 g/mol. The van der Waals surface area contributed by atoms with E-state index in [-0.39, 0.29) is 5.84 Å². The molecule has 0 saturated heterocycles. The average Bonchev–Trinajstić information content (AvgIpc) is 2.19. The van der Waals surface area contributed by atoms with Crippen molar-refractivity contribution >= 4 is 5.84 Å². The summed E-state index contributed by atoms with van der Waals surface area (Å²) >= 11 is 0. The van der Waals surface area contributed by atoms with Crippen LogP contribution in [0.25, 0.3) is 0 Å². The van der Waals surface area contributed by atoms with E-state index in [2.05, 4.69) is 17.2 Å². The smallest absolute Gasteiger partial charge is 0.124 e. The predicted octanol–water partition coefficient (Wildman–Crippen LogP) is 0.542. The van der Waals surface area contributed by atoms with Crippen LogP contribution in [-0.2, 0) is 0 Å². The van der Waals surface area contributed by atoms with E-state index in [1.165, 1.54) is 0 Å². The first-order valence-electron chi connectivity index (χ1n) is 4.32. The molecule has 0 radical (unpaired) electrons. The second-order valence-electron chi connectivity index (χ2n) is 2.79. The van der Waals surface area contributed by atoms with Gasteiger partial charge in [0.2, 0.25) is 0 Å². The number of amidine groups is 1. The maximum Gasteiger partial charge on any atom is 0.124 e. The molecule has 0 amide bonds. The lowest BCUT2D eigenvalue weighted by Gasteiger charge is -2.00. The van der Waals surface area contributed by atoms with Gasteiger partial charge in [0, 0.05) is 11.1 Å². The third-order valence-corrected chi connectivity index (χ3v) is 1.71. The van der Waals surface area contributed by atoms with Gasteiger partial charge in [-0.3, -0.25) is 5.41 Å². The number of hydrogen-bond acceptors (Lipinski definition) is 2. The van der Waals surface area contributed by atoms with Crippen molar-refractivity contribution in [2.75, 3.05) is 13.6 Å². The van der Waals surface area contributed by atoms with Crippen molar-refractivity contribution in [1.82, 2.24) is 5.32 Å². The molecule has 0 saturated carbocycles. The summed E-state index contributed by atoms with van der Waals surface area (Å²) in [5.41, 5.74) is 6.91. The summed E-state index contributed by atoms with van der Waals surface area (Å²) < 4.78 is 0. The van der Waals surface area contributed by atoms with Crippen molar-refractivity contribution in [1.29, 1.82) is 5.41 Å². The maximum atomic E-state index is 7.35. The zero-order chi connectivity index (χ0) is 10.4. The highest BCUT2D eigenvalue weighted by atomic mass is 14.8. The Bertz CT molecular complexity index is 385. The van der Waals surface area contributed by atoms with Crippen LogP contribution in [0.2, 0.25) is 0 Å². The SMILES string of the molecule is CNCC#Cc1ccccc1C(=N)N. The first-order chi connectivity index (χ1) is 6.75. The van der Waals surface area contributed by atoms with Gasteiger partial charge < -0.3 is 11.1 Å². The van der Waals surface area contributed by atoms with Crippen LogP contribution in [0.5, 0.6) is 0 Å². The molecule has 4 N–H and O–H groups in total. The van der Waals surface area contributed by atoms with E-state index in [1.54, 1.807) is 6.07 Å². The fraction of sp³-hybridized carbons (Fsp3) is 0.182. The normalized spacial score (nSPS) is 8.93. The second kappa shape index (κ2) is 5.05. The number of hydrogen-bond donors (Lipinski definition) is 3. The Kier molecular flexibility index (Phi) is 3.71. The number of rotatable bonds is 2. The lowest BCUT2D eigenvalue weighted by molar-refractivity contribution is 0.938. The molecule has 0 aliphatic rings. The molecule has 0 aliphatic carbocycles. The molecule has 0 aromatic heterocycles. The van der Waals surface area contributed by atoms with Crippen LogP contribution < -0.4 is 11.1 Å². The van der Waals surface area contributed by atoms with Crippen LogP contribution in [0.15, 0.2) is 24.3 Å². The van der Waals surface area contributed by atoms with E-state index in [1.807, 2.05) is 25.2 Å². The summed E-state index contributed by atoms with van der Waals surface area (Å²) in [6.07, 6.45) is 0. The summed E-state index contributed by atoms with van der Waals surface area (Å²) in [5.74, 6) is 5.95. The Labute approximate surface area is 83.8 Å². The number of benzene rings is 1. The number of nitrogen functional groups attached to an aromatic ring is 1. The largest absolute Gasteiger partial charge is 0.384 e. The molecule has 1 rings (SSSR count). The van der Waals surface area contributed by atoms with E-state index >= 15 is 0 Å². The molecule has 0 aliphatic heterocycles. The number of nitrogens with one attached hydrogen (secondary N) is 2. The summed E-state index contributed by atoms with van der Waals surface area (Å²) in [6, 6.07) is 7.39. The molecular weight excluding hydrogens is 174 g/mol. The minimum absolute atomic E-state index is 0.0550. The van der Waals surface area contributed by atoms with Gasteiger partial charge in [0.05, 0.1) is 6.54 Å². The second-order valence-corrected chi connectivity index (χ2v) is 2.79. The fourth-order valence-electron chi connectivity index (χ4n) is 1.05. The zero-order valence-corrected chi connectivity index (χ0v) is 8.09. The Hall–Kier alpha value is -1.79. The minimum Gasteiger partial charge on any atom is -0.384 e. The van der Waals surface area contributed by atoms with E-state index in [9.17, 15) is 0 Å². The first-order valence-corrected chi connectivity index (χ1v) is 4.32. The molecule has 0 unspecified atom stereocenters. The standard InChI is InChI=1S/C11H13N3/c1-14-8-4-6-9-5-2-3-7-10(9)11(12)13/h2-3,5,7,14H,8H2,1H3,(H3,12,13). The molecule has 72 valence electrons. The summed E-state index contributed by atoms with van der Waals surface area (Å²) in [7, 11) is 1.84. The molecule has 0 bridgehead atoms. The van der Waals surface area contributed by atoms with Gasteiger partial charge in [-0.1, -0.05) is 30.0 Å². The molecule has 0 atom stereocenters.